The van der Waals surface area contributed by atoms with Crippen molar-refractivity contribution in [1.82, 2.24) is 15.0 Å². The maximum Gasteiger partial charge on any atom is 0.231 e. The van der Waals surface area contributed by atoms with Crippen LogP contribution in [-0.2, 0) is 9.53 Å². The van der Waals surface area contributed by atoms with E-state index in [1.807, 2.05) is 25.3 Å². The fourth-order valence-corrected chi connectivity index (χ4v) is 3.92. The molecule has 168 valence electrons. The highest BCUT2D eigenvalue weighted by atomic mass is 19.1. The molecule has 1 aliphatic carbocycles. The highest BCUT2D eigenvalue weighted by Crippen LogP contribution is 2.34. The van der Waals surface area contributed by atoms with Crippen LogP contribution in [0.3, 0.4) is 0 Å². The van der Waals surface area contributed by atoms with E-state index in [1.165, 1.54) is 0 Å². The lowest BCUT2D eigenvalue weighted by atomic mass is 10.1. The average Bonchev–Trinajstić information content (AvgIpc) is 3.56. The Morgan fingerprint density at radius 2 is 2.03 bits per heavy atom. The first-order chi connectivity index (χ1) is 16.0. The minimum atomic E-state index is -1.05. The summed E-state index contributed by atoms with van der Waals surface area (Å²) in [6.45, 7) is 6.35. The Hall–Kier alpha value is -3.57. The maximum atomic E-state index is 13.2. The van der Waals surface area contributed by atoms with Crippen LogP contribution in [0.4, 0.5) is 15.9 Å². The molecule has 7 nitrogen and oxygen atoms in total. The van der Waals surface area contributed by atoms with Crippen LogP contribution in [0.5, 0.6) is 0 Å². The number of aromatic nitrogens is 3. The number of hydrogen-bond acceptors (Lipinski definition) is 6. The van der Waals surface area contributed by atoms with Crippen molar-refractivity contribution in [3.63, 3.8) is 0 Å². The van der Waals surface area contributed by atoms with Crippen LogP contribution in [0.1, 0.15) is 30.3 Å². The lowest BCUT2D eigenvalue weighted by Crippen LogP contribution is -2.41. The molecule has 33 heavy (non-hydrogen) atoms. The smallest absolute Gasteiger partial charge is 0.231 e. The van der Waals surface area contributed by atoms with Crippen LogP contribution in [0.2, 0.25) is 0 Å². The number of halogens is 1. The van der Waals surface area contributed by atoms with Crippen molar-refractivity contribution in [2.24, 2.45) is 5.92 Å². The molecule has 1 aliphatic heterocycles. The lowest BCUT2D eigenvalue weighted by molar-refractivity contribution is -0.117. The van der Waals surface area contributed by atoms with E-state index >= 15 is 0 Å². The van der Waals surface area contributed by atoms with Crippen molar-refractivity contribution in [1.29, 1.82) is 0 Å². The number of carbonyl (C=O) groups is 1. The summed E-state index contributed by atoms with van der Waals surface area (Å²) >= 11 is 0. The first kappa shape index (κ1) is 21.3. The lowest BCUT2D eigenvalue weighted by Gasteiger charge is -2.32. The molecule has 1 N–H and O–H groups in total. The largest absolute Gasteiger partial charge is 0.375 e. The fourth-order valence-electron chi connectivity index (χ4n) is 3.92. The molecule has 3 aromatic heterocycles. The molecule has 5 rings (SSSR count). The summed E-state index contributed by atoms with van der Waals surface area (Å²) in [5.41, 5.74) is 3.22. The third-order valence-corrected chi connectivity index (χ3v) is 5.95. The van der Waals surface area contributed by atoms with Crippen LogP contribution in [0, 0.1) is 24.7 Å². The number of hydrogen-bond donors (Lipinski definition) is 1. The molecule has 0 bridgehead atoms. The molecule has 0 aromatic carbocycles. The van der Waals surface area contributed by atoms with Gasteiger partial charge in [0, 0.05) is 41.9 Å². The van der Waals surface area contributed by atoms with Gasteiger partial charge in [0.15, 0.2) is 0 Å². The number of anilines is 2. The van der Waals surface area contributed by atoms with Crippen LogP contribution in [-0.4, -0.2) is 52.8 Å². The van der Waals surface area contributed by atoms with Gasteiger partial charge in [-0.2, -0.15) is 0 Å². The number of fused-ring (bicyclic) bond motifs is 1. The molecule has 3 atom stereocenters. The number of rotatable bonds is 3. The third kappa shape index (κ3) is 4.64. The Bertz CT molecular complexity index is 1270. The maximum absolute atomic E-state index is 13.2. The average molecular weight is 445 g/mol. The molecule has 3 aromatic rings. The Morgan fingerprint density at radius 3 is 2.76 bits per heavy atom. The van der Waals surface area contributed by atoms with Gasteiger partial charge in [-0.25, -0.2) is 14.4 Å². The SMILES string of the molecule is Cc1ncc(C#Cc2ccc(N3CCO[C@H](C)C3)cn2)c2cc(NC(=O)[C@H]3C[C@H]3F)ncc12. The van der Waals surface area contributed by atoms with Gasteiger partial charge in [-0.1, -0.05) is 5.92 Å². The Kier molecular flexibility index (Phi) is 5.65. The van der Waals surface area contributed by atoms with E-state index in [0.29, 0.717) is 23.7 Å². The van der Waals surface area contributed by atoms with Gasteiger partial charge in [0.05, 0.1) is 36.1 Å². The van der Waals surface area contributed by atoms with Crippen molar-refractivity contribution >= 4 is 28.2 Å². The first-order valence-corrected chi connectivity index (χ1v) is 11.0. The van der Waals surface area contributed by atoms with E-state index in [0.717, 1.165) is 35.2 Å². The Balaban J connectivity index is 1.39. The predicted molar refractivity (Wildman–Crippen MR) is 124 cm³/mol. The second-order valence-electron chi connectivity index (χ2n) is 8.50. The summed E-state index contributed by atoms with van der Waals surface area (Å²) in [6, 6.07) is 5.69. The molecule has 2 fully saturated rings. The number of amides is 1. The highest BCUT2D eigenvalue weighted by molar-refractivity contribution is 5.97. The molecule has 2 aliphatic rings. The summed E-state index contributed by atoms with van der Waals surface area (Å²) in [7, 11) is 0. The van der Waals surface area contributed by atoms with Gasteiger partial charge in [0.2, 0.25) is 5.91 Å². The number of nitrogens with one attached hydrogen (secondary N) is 1. The summed E-state index contributed by atoms with van der Waals surface area (Å²) in [4.78, 5) is 27.6. The van der Waals surface area contributed by atoms with Gasteiger partial charge in [-0.3, -0.25) is 9.78 Å². The van der Waals surface area contributed by atoms with Crippen molar-refractivity contribution in [2.75, 3.05) is 29.9 Å². The van der Waals surface area contributed by atoms with E-state index < -0.39 is 12.1 Å². The highest BCUT2D eigenvalue weighted by Gasteiger charge is 2.43. The van der Waals surface area contributed by atoms with Gasteiger partial charge >= 0.3 is 0 Å². The quantitative estimate of drug-likeness (QED) is 0.624. The molecular formula is C25H24FN5O2. The van der Waals surface area contributed by atoms with E-state index in [2.05, 4.69) is 43.9 Å². The molecule has 0 unspecified atom stereocenters. The Labute approximate surface area is 191 Å². The van der Waals surface area contributed by atoms with Gasteiger partial charge in [-0.15, -0.1) is 0 Å². The molecule has 4 heterocycles. The minimum absolute atomic E-state index is 0.201. The third-order valence-electron chi connectivity index (χ3n) is 5.95. The molecular weight excluding hydrogens is 421 g/mol. The zero-order chi connectivity index (χ0) is 22.9. The predicted octanol–water partition coefficient (Wildman–Crippen LogP) is 3.25. The van der Waals surface area contributed by atoms with Crippen LogP contribution in [0.15, 0.2) is 36.8 Å². The van der Waals surface area contributed by atoms with Gasteiger partial charge < -0.3 is 15.0 Å². The van der Waals surface area contributed by atoms with Crippen molar-refractivity contribution in [3.8, 4) is 11.8 Å². The van der Waals surface area contributed by atoms with E-state index in [-0.39, 0.29) is 18.4 Å². The summed E-state index contributed by atoms with van der Waals surface area (Å²) in [5, 5.41) is 4.38. The van der Waals surface area contributed by atoms with Gasteiger partial charge in [0.25, 0.3) is 0 Å². The van der Waals surface area contributed by atoms with Crippen LogP contribution in [0.25, 0.3) is 10.8 Å². The van der Waals surface area contributed by atoms with E-state index in [1.54, 1.807) is 18.5 Å². The number of alkyl halides is 1. The van der Waals surface area contributed by atoms with E-state index in [4.69, 9.17) is 4.74 Å². The zero-order valence-electron chi connectivity index (χ0n) is 18.5. The number of nitrogens with zero attached hydrogens (tertiary/aromatic N) is 4. The number of carbonyl (C=O) groups excluding carboxylic acids is 1. The molecule has 8 heteroatoms. The molecule has 0 spiro atoms. The standard InChI is InChI=1S/C25H24FN5O2/c1-15-14-31(7-8-33-15)19-6-5-18(28-12-19)4-3-17-11-27-16(2)22-13-29-24(10-20(17)22)30-25(32)21-9-23(21)26/h5-6,10-13,15,21,23H,7-9,14H2,1-2H3,(H,29,30,32)/t15-,21+,23-/m1/s1. The first-order valence-electron chi connectivity index (χ1n) is 11.0. The fraction of sp³-hybridized carbons (Fsp3) is 0.360. The van der Waals surface area contributed by atoms with Gasteiger partial charge in [-0.05, 0) is 44.4 Å². The monoisotopic (exact) mass is 445 g/mol. The molecule has 1 amide bonds. The normalized spacial score (nSPS) is 21.9. The number of aryl methyl sites for hydroxylation is 1. The summed E-state index contributed by atoms with van der Waals surface area (Å²) < 4.78 is 18.8. The van der Waals surface area contributed by atoms with Crippen LogP contribution < -0.4 is 10.2 Å². The van der Waals surface area contributed by atoms with Gasteiger partial charge in [0.1, 0.15) is 17.7 Å². The minimum Gasteiger partial charge on any atom is -0.375 e. The molecule has 1 saturated heterocycles. The van der Waals surface area contributed by atoms with Crippen LogP contribution >= 0.6 is 0 Å². The van der Waals surface area contributed by atoms with Crippen molar-refractivity contribution in [2.45, 2.75) is 32.5 Å². The zero-order valence-corrected chi connectivity index (χ0v) is 18.5. The second kappa shape index (κ2) is 8.75. The van der Waals surface area contributed by atoms with Crippen molar-refractivity contribution in [3.05, 3.63) is 53.7 Å². The molecule has 1 saturated carbocycles. The number of ether oxygens (including phenoxy) is 1. The summed E-state index contributed by atoms with van der Waals surface area (Å²) in [6.07, 6.45) is 4.63. The number of pyridine rings is 3. The van der Waals surface area contributed by atoms with E-state index in [9.17, 15) is 9.18 Å². The molecule has 0 radical (unpaired) electrons. The second-order valence-corrected chi connectivity index (χ2v) is 8.50. The number of morpholine rings is 1. The topological polar surface area (TPSA) is 80.2 Å². The Morgan fingerprint density at radius 1 is 1.18 bits per heavy atom. The van der Waals surface area contributed by atoms with Crippen molar-refractivity contribution < 1.29 is 13.9 Å². The summed E-state index contributed by atoms with van der Waals surface area (Å²) in [5.74, 6) is 5.72.